The maximum absolute atomic E-state index is 8.62. The number of nitrogens with zero attached hydrogens (tertiary/aromatic N) is 1. The fraction of sp³-hybridized carbons (Fsp3) is 0.167. The Bertz CT molecular complexity index is 227. The van der Waals surface area contributed by atoms with Gasteiger partial charge < -0.3 is 10.2 Å². The summed E-state index contributed by atoms with van der Waals surface area (Å²) in [6, 6.07) is 2.88. The molecular weight excluding hydrogens is 154 g/mol. The lowest BCUT2D eigenvalue weighted by molar-refractivity contribution is -0.0425. The van der Waals surface area contributed by atoms with Crippen molar-refractivity contribution in [3.63, 3.8) is 0 Å². The first-order valence-corrected chi connectivity index (χ1v) is 3.05. The van der Waals surface area contributed by atoms with Crippen LogP contribution in [0.15, 0.2) is 18.3 Å². The van der Waals surface area contributed by atoms with E-state index in [9.17, 15) is 0 Å². The molecule has 0 aromatic carbocycles. The number of aliphatic hydroxyl groups is 2. The lowest BCUT2D eigenvalue weighted by atomic mass is 10.3. The molecule has 0 spiro atoms. The standard InChI is InChI=1S/C6H6ClNO2/c7-5-3-4(6(9)10)1-2-8-5/h1-3,6,9-10H. The number of halogens is 1. The summed E-state index contributed by atoms with van der Waals surface area (Å²) >= 11 is 5.46. The van der Waals surface area contributed by atoms with Crippen LogP contribution in [0.4, 0.5) is 0 Å². The second-order valence-electron chi connectivity index (χ2n) is 1.79. The van der Waals surface area contributed by atoms with Crippen molar-refractivity contribution in [2.75, 3.05) is 0 Å². The van der Waals surface area contributed by atoms with Crippen LogP contribution in [0.5, 0.6) is 0 Å². The van der Waals surface area contributed by atoms with Gasteiger partial charge in [-0.15, -0.1) is 0 Å². The van der Waals surface area contributed by atoms with Crippen LogP contribution in [-0.4, -0.2) is 15.2 Å². The Kier molecular flexibility index (Phi) is 2.21. The van der Waals surface area contributed by atoms with Crippen LogP contribution in [0.2, 0.25) is 5.15 Å². The van der Waals surface area contributed by atoms with Crippen LogP contribution in [0.25, 0.3) is 0 Å². The van der Waals surface area contributed by atoms with E-state index in [2.05, 4.69) is 4.98 Å². The van der Waals surface area contributed by atoms with Gasteiger partial charge in [-0.3, -0.25) is 0 Å². The molecule has 2 N–H and O–H groups in total. The van der Waals surface area contributed by atoms with Gasteiger partial charge >= 0.3 is 0 Å². The van der Waals surface area contributed by atoms with E-state index in [0.29, 0.717) is 5.56 Å². The van der Waals surface area contributed by atoms with Crippen LogP contribution in [0, 0.1) is 0 Å². The minimum atomic E-state index is -1.47. The van der Waals surface area contributed by atoms with E-state index < -0.39 is 6.29 Å². The maximum atomic E-state index is 8.62. The molecule has 0 atom stereocenters. The second-order valence-corrected chi connectivity index (χ2v) is 2.17. The zero-order valence-electron chi connectivity index (χ0n) is 5.03. The van der Waals surface area contributed by atoms with E-state index in [4.69, 9.17) is 21.8 Å². The van der Waals surface area contributed by atoms with Gasteiger partial charge in [-0.25, -0.2) is 4.98 Å². The fourth-order valence-electron chi connectivity index (χ4n) is 0.578. The maximum Gasteiger partial charge on any atom is 0.178 e. The topological polar surface area (TPSA) is 53.4 Å². The van der Waals surface area contributed by atoms with Crippen molar-refractivity contribution in [3.05, 3.63) is 29.0 Å². The van der Waals surface area contributed by atoms with Crippen LogP contribution in [-0.2, 0) is 0 Å². The third kappa shape index (κ3) is 1.67. The summed E-state index contributed by atoms with van der Waals surface area (Å²) in [5, 5.41) is 17.5. The first kappa shape index (κ1) is 7.47. The Morgan fingerprint density at radius 2 is 2.20 bits per heavy atom. The zero-order valence-corrected chi connectivity index (χ0v) is 5.78. The lowest BCUT2D eigenvalue weighted by Crippen LogP contribution is -1.94. The van der Waals surface area contributed by atoms with Gasteiger partial charge in [-0.05, 0) is 12.1 Å². The van der Waals surface area contributed by atoms with Gasteiger partial charge in [0.05, 0.1) is 0 Å². The smallest absolute Gasteiger partial charge is 0.178 e. The fourth-order valence-corrected chi connectivity index (χ4v) is 0.760. The molecule has 0 unspecified atom stereocenters. The molecule has 1 rings (SSSR count). The average Bonchev–Trinajstić information content (AvgIpc) is 1.88. The van der Waals surface area contributed by atoms with Crippen molar-refractivity contribution in [3.8, 4) is 0 Å². The highest BCUT2D eigenvalue weighted by molar-refractivity contribution is 6.29. The van der Waals surface area contributed by atoms with Crippen LogP contribution >= 0.6 is 11.6 Å². The Morgan fingerprint density at radius 1 is 1.50 bits per heavy atom. The number of pyridine rings is 1. The van der Waals surface area contributed by atoms with Gasteiger partial charge in [0.15, 0.2) is 6.29 Å². The van der Waals surface area contributed by atoms with Gasteiger partial charge in [0, 0.05) is 11.8 Å². The Labute approximate surface area is 62.9 Å². The first-order chi connectivity index (χ1) is 4.70. The SMILES string of the molecule is OC(O)c1ccnc(Cl)c1. The van der Waals surface area contributed by atoms with Gasteiger partial charge in [0.25, 0.3) is 0 Å². The quantitative estimate of drug-likeness (QED) is 0.469. The molecule has 54 valence electrons. The first-order valence-electron chi connectivity index (χ1n) is 2.68. The summed E-state index contributed by atoms with van der Waals surface area (Å²) < 4.78 is 0. The minimum Gasteiger partial charge on any atom is -0.364 e. The van der Waals surface area contributed by atoms with E-state index in [1.165, 1.54) is 18.3 Å². The molecule has 0 aliphatic heterocycles. The summed E-state index contributed by atoms with van der Waals surface area (Å²) in [7, 11) is 0. The molecule has 10 heavy (non-hydrogen) atoms. The predicted molar refractivity (Wildman–Crippen MR) is 36.4 cm³/mol. The monoisotopic (exact) mass is 159 g/mol. The zero-order chi connectivity index (χ0) is 7.56. The molecule has 3 nitrogen and oxygen atoms in total. The summed E-state index contributed by atoms with van der Waals surface area (Å²) in [4.78, 5) is 3.67. The van der Waals surface area contributed by atoms with Gasteiger partial charge in [0.2, 0.25) is 0 Å². The molecule has 0 aliphatic rings. The highest BCUT2D eigenvalue weighted by Crippen LogP contribution is 2.12. The average molecular weight is 160 g/mol. The molecule has 0 amide bonds. The van der Waals surface area contributed by atoms with E-state index >= 15 is 0 Å². The minimum absolute atomic E-state index is 0.255. The summed E-state index contributed by atoms with van der Waals surface area (Å²) in [6.45, 7) is 0. The highest BCUT2D eigenvalue weighted by atomic mass is 35.5. The Hall–Kier alpha value is -0.640. The number of aromatic nitrogens is 1. The Morgan fingerprint density at radius 3 is 2.60 bits per heavy atom. The van der Waals surface area contributed by atoms with Crippen molar-refractivity contribution < 1.29 is 10.2 Å². The van der Waals surface area contributed by atoms with Crippen molar-refractivity contribution in [2.45, 2.75) is 6.29 Å². The molecule has 4 heteroatoms. The van der Waals surface area contributed by atoms with E-state index in [-0.39, 0.29) is 5.15 Å². The van der Waals surface area contributed by atoms with E-state index in [1.54, 1.807) is 0 Å². The predicted octanol–water partition coefficient (Wildman–Crippen LogP) is 0.718. The molecule has 0 radical (unpaired) electrons. The second kappa shape index (κ2) is 2.96. The van der Waals surface area contributed by atoms with Crippen molar-refractivity contribution in [1.29, 1.82) is 0 Å². The van der Waals surface area contributed by atoms with Gasteiger partial charge in [0.1, 0.15) is 5.15 Å². The number of rotatable bonds is 1. The van der Waals surface area contributed by atoms with Crippen molar-refractivity contribution in [2.24, 2.45) is 0 Å². The molecule has 1 aromatic heterocycles. The number of hydrogen-bond acceptors (Lipinski definition) is 3. The molecule has 0 saturated carbocycles. The molecule has 0 fully saturated rings. The normalized spacial score (nSPS) is 10.4. The molecule has 1 aromatic rings. The molecule has 0 aliphatic carbocycles. The van der Waals surface area contributed by atoms with Crippen LogP contribution in [0.3, 0.4) is 0 Å². The third-order valence-electron chi connectivity index (χ3n) is 1.05. The van der Waals surface area contributed by atoms with Gasteiger partial charge in [-0.2, -0.15) is 0 Å². The van der Waals surface area contributed by atoms with Gasteiger partial charge in [-0.1, -0.05) is 11.6 Å². The van der Waals surface area contributed by atoms with Crippen molar-refractivity contribution in [1.82, 2.24) is 4.98 Å². The largest absolute Gasteiger partial charge is 0.364 e. The summed E-state index contributed by atoms with van der Waals surface area (Å²) in [5.74, 6) is 0. The molecule has 0 saturated heterocycles. The highest BCUT2D eigenvalue weighted by Gasteiger charge is 2.01. The van der Waals surface area contributed by atoms with E-state index in [0.717, 1.165) is 0 Å². The summed E-state index contributed by atoms with van der Waals surface area (Å²) in [5.41, 5.74) is 0.347. The Balaban J connectivity index is 2.96. The van der Waals surface area contributed by atoms with Crippen LogP contribution < -0.4 is 0 Å². The number of hydrogen-bond donors (Lipinski definition) is 2. The van der Waals surface area contributed by atoms with Crippen molar-refractivity contribution >= 4 is 11.6 Å². The van der Waals surface area contributed by atoms with Crippen LogP contribution in [0.1, 0.15) is 11.9 Å². The molecular formula is C6H6ClNO2. The molecule has 1 heterocycles. The third-order valence-corrected chi connectivity index (χ3v) is 1.26. The summed E-state index contributed by atoms with van der Waals surface area (Å²) in [6.07, 6.45) is -0.0580. The lowest BCUT2D eigenvalue weighted by Gasteiger charge is -2.01. The number of aliphatic hydroxyl groups excluding tert-OH is 1. The van der Waals surface area contributed by atoms with E-state index in [1.807, 2.05) is 0 Å². The molecule has 0 bridgehead atoms.